The number of furan rings is 1. The molecule has 0 bridgehead atoms. The molecule has 4 rings (SSSR count). The Bertz CT molecular complexity index is 1250. The molecule has 1 N–H and O–H groups in total. The summed E-state index contributed by atoms with van der Waals surface area (Å²) in [4.78, 5) is 38.5. The fourth-order valence-electron chi connectivity index (χ4n) is 3.13. The molecule has 3 aromatic rings. The van der Waals surface area contributed by atoms with Crippen molar-refractivity contribution in [3.05, 3.63) is 83.1 Å². The molecule has 0 unspecified atom stereocenters. The highest BCUT2D eigenvalue weighted by Gasteiger charge is 2.37. The van der Waals surface area contributed by atoms with Gasteiger partial charge >= 0.3 is 6.03 Å². The van der Waals surface area contributed by atoms with Crippen LogP contribution in [0.15, 0.2) is 70.7 Å². The van der Waals surface area contributed by atoms with Crippen molar-refractivity contribution in [2.75, 3.05) is 4.90 Å². The Balaban J connectivity index is 1.67. The maximum absolute atomic E-state index is 13.0. The molecule has 146 valence electrons. The van der Waals surface area contributed by atoms with Crippen LogP contribution < -0.4 is 10.2 Å². The average Bonchev–Trinajstić information content (AvgIpc) is 3.21. The topological polar surface area (TPSA) is 103 Å². The van der Waals surface area contributed by atoms with E-state index in [1.54, 1.807) is 67.6 Å². The van der Waals surface area contributed by atoms with Crippen molar-refractivity contribution >= 4 is 29.6 Å². The summed E-state index contributed by atoms with van der Waals surface area (Å²) in [6, 6.07) is 18.3. The summed E-state index contributed by atoms with van der Waals surface area (Å²) in [5.41, 5.74) is 2.18. The second kappa shape index (κ2) is 7.53. The van der Waals surface area contributed by atoms with Crippen molar-refractivity contribution < 1.29 is 18.8 Å². The van der Waals surface area contributed by atoms with E-state index < -0.39 is 17.8 Å². The van der Waals surface area contributed by atoms with Crippen LogP contribution in [0.25, 0.3) is 17.4 Å². The minimum Gasteiger partial charge on any atom is -0.457 e. The van der Waals surface area contributed by atoms with Gasteiger partial charge in [-0.2, -0.15) is 5.26 Å². The summed E-state index contributed by atoms with van der Waals surface area (Å²) < 4.78 is 5.74. The largest absolute Gasteiger partial charge is 0.457 e. The van der Waals surface area contributed by atoms with Crippen molar-refractivity contribution in [2.24, 2.45) is 0 Å². The second-order valence-electron chi connectivity index (χ2n) is 6.64. The third-order valence-corrected chi connectivity index (χ3v) is 4.67. The van der Waals surface area contributed by atoms with E-state index in [-0.39, 0.29) is 11.3 Å². The van der Waals surface area contributed by atoms with Crippen LogP contribution in [0.1, 0.15) is 16.9 Å². The first-order valence-corrected chi connectivity index (χ1v) is 9.05. The van der Waals surface area contributed by atoms with Gasteiger partial charge in [0, 0.05) is 5.56 Å². The number of benzene rings is 2. The first kappa shape index (κ1) is 18.9. The number of barbiturate groups is 1. The summed E-state index contributed by atoms with van der Waals surface area (Å²) >= 11 is 0. The van der Waals surface area contributed by atoms with E-state index in [9.17, 15) is 14.4 Å². The van der Waals surface area contributed by atoms with Crippen LogP contribution >= 0.6 is 0 Å². The van der Waals surface area contributed by atoms with Gasteiger partial charge in [0.2, 0.25) is 0 Å². The van der Waals surface area contributed by atoms with E-state index in [1.807, 2.05) is 6.07 Å². The van der Waals surface area contributed by atoms with Crippen molar-refractivity contribution in [1.29, 1.82) is 5.26 Å². The molecule has 2 aromatic carbocycles. The van der Waals surface area contributed by atoms with E-state index in [4.69, 9.17) is 9.68 Å². The van der Waals surface area contributed by atoms with Gasteiger partial charge < -0.3 is 4.42 Å². The van der Waals surface area contributed by atoms with Gasteiger partial charge in [-0.3, -0.25) is 14.9 Å². The van der Waals surface area contributed by atoms with Crippen LogP contribution in [0.5, 0.6) is 0 Å². The molecule has 30 heavy (non-hydrogen) atoms. The first-order chi connectivity index (χ1) is 14.5. The molecule has 0 radical (unpaired) electrons. The summed E-state index contributed by atoms with van der Waals surface area (Å²) in [5.74, 6) is -0.714. The van der Waals surface area contributed by atoms with Gasteiger partial charge in [0.05, 0.1) is 17.3 Å². The number of nitriles is 1. The van der Waals surface area contributed by atoms with E-state index >= 15 is 0 Å². The Morgan fingerprint density at radius 1 is 1.00 bits per heavy atom. The van der Waals surface area contributed by atoms with Gasteiger partial charge in [-0.05, 0) is 61.0 Å². The van der Waals surface area contributed by atoms with Gasteiger partial charge in [0.25, 0.3) is 11.8 Å². The van der Waals surface area contributed by atoms with Crippen LogP contribution in [0, 0.1) is 18.3 Å². The number of carbonyl (C=O) groups excluding carboxylic acids is 3. The Morgan fingerprint density at radius 3 is 2.43 bits per heavy atom. The van der Waals surface area contributed by atoms with Crippen molar-refractivity contribution in [3.63, 3.8) is 0 Å². The number of para-hydroxylation sites is 1. The second-order valence-corrected chi connectivity index (χ2v) is 6.64. The standard InChI is InChI=1S/C23H15N3O4/c1-14-4-2-3-5-19(14)26-22(28)18(21(27)25-23(26)29)12-17-10-11-20(30-17)16-8-6-15(13-24)7-9-16/h2-12H,1H3,(H,25,27,29)/b18-12+. The molecule has 1 fully saturated rings. The smallest absolute Gasteiger partial charge is 0.335 e. The lowest BCUT2D eigenvalue weighted by Gasteiger charge is -2.27. The van der Waals surface area contributed by atoms with Crippen LogP contribution in [-0.2, 0) is 9.59 Å². The molecule has 0 aliphatic carbocycles. The first-order valence-electron chi connectivity index (χ1n) is 9.05. The summed E-state index contributed by atoms with van der Waals surface area (Å²) in [5, 5.41) is 11.1. The number of anilines is 1. The summed E-state index contributed by atoms with van der Waals surface area (Å²) in [6.07, 6.45) is 1.31. The number of hydrogen-bond acceptors (Lipinski definition) is 5. The number of rotatable bonds is 3. The highest BCUT2D eigenvalue weighted by atomic mass is 16.3. The minimum atomic E-state index is -0.797. The average molecular weight is 397 g/mol. The zero-order chi connectivity index (χ0) is 21.3. The Labute approximate surface area is 171 Å². The number of nitrogens with one attached hydrogen (secondary N) is 1. The Kier molecular flexibility index (Phi) is 4.74. The van der Waals surface area contributed by atoms with Gasteiger partial charge in [-0.1, -0.05) is 18.2 Å². The molecule has 7 heteroatoms. The van der Waals surface area contributed by atoms with Gasteiger partial charge in [-0.15, -0.1) is 0 Å². The number of carbonyl (C=O) groups is 3. The molecule has 2 heterocycles. The highest BCUT2D eigenvalue weighted by Crippen LogP contribution is 2.27. The fraction of sp³-hybridized carbons (Fsp3) is 0.0435. The SMILES string of the molecule is Cc1ccccc1N1C(=O)NC(=O)/C(=C\c2ccc(-c3ccc(C#N)cc3)o2)C1=O. The van der Waals surface area contributed by atoms with E-state index in [0.717, 1.165) is 16.0 Å². The number of aryl methyl sites for hydroxylation is 1. The molecule has 1 aliphatic rings. The van der Waals surface area contributed by atoms with Crippen LogP contribution in [0.2, 0.25) is 0 Å². The summed E-state index contributed by atoms with van der Waals surface area (Å²) in [6.45, 7) is 1.77. The Morgan fingerprint density at radius 2 is 1.73 bits per heavy atom. The molecule has 0 atom stereocenters. The number of hydrogen-bond donors (Lipinski definition) is 1. The van der Waals surface area contributed by atoms with Crippen molar-refractivity contribution in [2.45, 2.75) is 6.92 Å². The van der Waals surface area contributed by atoms with Crippen LogP contribution in [0.4, 0.5) is 10.5 Å². The van der Waals surface area contributed by atoms with Gasteiger partial charge in [0.1, 0.15) is 17.1 Å². The molecule has 1 saturated heterocycles. The molecular formula is C23H15N3O4. The lowest BCUT2D eigenvalue weighted by atomic mass is 10.1. The van der Waals surface area contributed by atoms with Crippen LogP contribution in [0.3, 0.4) is 0 Å². The zero-order valence-corrected chi connectivity index (χ0v) is 15.9. The monoisotopic (exact) mass is 397 g/mol. The van der Waals surface area contributed by atoms with Crippen molar-refractivity contribution in [1.82, 2.24) is 5.32 Å². The number of nitrogens with zero attached hydrogens (tertiary/aromatic N) is 2. The van der Waals surface area contributed by atoms with Crippen molar-refractivity contribution in [3.8, 4) is 17.4 Å². The third-order valence-electron chi connectivity index (χ3n) is 4.67. The molecule has 4 amide bonds. The predicted molar refractivity (Wildman–Crippen MR) is 109 cm³/mol. The Hall–Kier alpha value is -4.44. The molecule has 0 saturated carbocycles. The molecule has 1 aliphatic heterocycles. The molecule has 1 aromatic heterocycles. The maximum Gasteiger partial charge on any atom is 0.335 e. The van der Waals surface area contributed by atoms with E-state index in [1.165, 1.54) is 6.08 Å². The number of amides is 4. The lowest BCUT2D eigenvalue weighted by molar-refractivity contribution is -0.122. The fourth-order valence-corrected chi connectivity index (χ4v) is 3.13. The van der Waals surface area contributed by atoms with E-state index in [2.05, 4.69) is 5.32 Å². The van der Waals surface area contributed by atoms with E-state index in [0.29, 0.717) is 17.0 Å². The van der Waals surface area contributed by atoms with Gasteiger partial charge in [-0.25, -0.2) is 9.69 Å². The number of urea groups is 1. The number of imide groups is 2. The molecule has 0 spiro atoms. The zero-order valence-electron chi connectivity index (χ0n) is 15.9. The van der Waals surface area contributed by atoms with Crippen LogP contribution in [-0.4, -0.2) is 17.8 Å². The molecule has 7 nitrogen and oxygen atoms in total. The quantitative estimate of drug-likeness (QED) is 0.535. The molecular weight excluding hydrogens is 382 g/mol. The summed E-state index contributed by atoms with van der Waals surface area (Å²) in [7, 11) is 0. The normalized spacial score (nSPS) is 15.3. The van der Waals surface area contributed by atoms with Gasteiger partial charge in [0.15, 0.2) is 0 Å². The lowest BCUT2D eigenvalue weighted by Crippen LogP contribution is -2.54. The predicted octanol–water partition coefficient (Wildman–Crippen LogP) is 3.79. The highest BCUT2D eigenvalue weighted by molar-refractivity contribution is 6.39. The minimum absolute atomic E-state index is 0.210. The third kappa shape index (κ3) is 3.38. The maximum atomic E-state index is 13.0.